The molecule has 0 unspecified atom stereocenters. The molecule has 0 atom stereocenters. The van der Waals surface area contributed by atoms with E-state index < -0.39 is 5.54 Å². The van der Waals surface area contributed by atoms with E-state index in [4.69, 9.17) is 0 Å². The zero-order valence-corrected chi connectivity index (χ0v) is 12.0. The van der Waals surface area contributed by atoms with Crippen molar-refractivity contribution in [2.24, 2.45) is 4.99 Å². The highest BCUT2D eigenvalue weighted by Gasteiger charge is 2.38. The van der Waals surface area contributed by atoms with Crippen molar-refractivity contribution in [2.75, 3.05) is 0 Å². The van der Waals surface area contributed by atoms with E-state index in [9.17, 15) is 13.6 Å². The van der Waals surface area contributed by atoms with Gasteiger partial charge < -0.3 is 0 Å². The molecular weight excluding hydrogens is 284 g/mol. The molecule has 0 amide bonds. The monoisotopic (exact) mass is 299 g/mol. The molecule has 0 aliphatic heterocycles. The smallest absolute Gasteiger partial charge is 0.211 e. The largest absolute Gasteiger partial charge is 0.235 e. The first-order chi connectivity index (χ1) is 10.6. The number of nitrogens with zero attached hydrogens (tertiary/aromatic N) is 1. The molecule has 2 aromatic rings. The maximum atomic E-state index is 14.3. The molecule has 0 heterocycles. The van der Waals surface area contributed by atoms with E-state index in [2.05, 4.69) is 4.99 Å². The third-order valence-electron chi connectivity index (χ3n) is 4.34. The fraction of sp³-hybridized carbons (Fsp3) is 0.278. The molecule has 3 rings (SSSR count). The topological polar surface area (TPSA) is 29.4 Å². The first kappa shape index (κ1) is 14.6. The van der Waals surface area contributed by atoms with Gasteiger partial charge in [-0.15, -0.1) is 0 Å². The van der Waals surface area contributed by atoms with Gasteiger partial charge in [-0.25, -0.2) is 13.6 Å². The average Bonchev–Trinajstić information content (AvgIpc) is 2.99. The second-order valence-electron chi connectivity index (χ2n) is 5.64. The molecule has 1 aliphatic rings. The SMILES string of the molecule is O=C=NC1(c2cc(-c3ccc(F)cc3)ccc2F)CCCC1. The van der Waals surface area contributed by atoms with Gasteiger partial charge in [0.25, 0.3) is 0 Å². The zero-order chi connectivity index (χ0) is 15.6. The van der Waals surface area contributed by atoms with Crippen molar-refractivity contribution in [1.82, 2.24) is 0 Å². The Morgan fingerprint density at radius 3 is 2.23 bits per heavy atom. The van der Waals surface area contributed by atoms with Crippen molar-refractivity contribution < 1.29 is 13.6 Å². The summed E-state index contributed by atoms with van der Waals surface area (Å²) in [5.41, 5.74) is 1.20. The molecule has 0 radical (unpaired) electrons. The van der Waals surface area contributed by atoms with Crippen LogP contribution in [0.3, 0.4) is 0 Å². The van der Waals surface area contributed by atoms with Crippen molar-refractivity contribution >= 4 is 6.08 Å². The van der Waals surface area contributed by atoms with Crippen LogP contribution in [-0.2, 0) is 10.3 Å². The summed E-state index contributed by atoms with van der Waals surface area (Å²) in [5, 5.41) is 0. The molecule has 1 saturated carbocycles. The van der Waals surface area contributed by atoms with Gasteiger partial charge in [0.15, 0.2) is 0 Å². The molecule has 2 nitrogen and oxygen atoms in total. The molecule has 0 aromatic heterocycles. The van der Waals surface area contributed by atoms with Crippen LogP contribution in [0.5, 0.6) is 0 Å². The van der Waals surface area contributed by atoms with Crippen LogP contribution in [0, 0.1) is 11.6 Å². The Bertz CT molecular complexity index is 727. The Kier molecular flexibility index (Phi) is 3.86. The van der Waals surface area contributed by atoms with Gasteiger partial charge in [-0.1, -0.05) is 31.0 Å². The van der Waals surface area contributed by atoms with E-state index in [1.165, 1.54) is 18.2 Å². The highest BCUT2D eigenvalue weighted by Crippen LogP contribution is 2.44. The van der Waals surface area contributed by atoms with Crippen LogP contribution in [0.4, 0.5) is 8.78 Å². The Morgan fingerprint density at radius 2 is 1.59 bits per heavy atom. The summed E-state index contributed by atoms with van der Waals surface area (Å²) < 4.78 is 27.4. The van der Waals surface area contributed by atoms with Gasteiger partial charge in [-0.2, -0.15) is 4.99 Å². The molecule has 0 spiro atoms. The van der Waals surface area contributed by atoms with Crippen molar-refractivity contribution in [3.63, 3.8) is 0 Å². The van der Waals surface area contributed by atoms with E-state index in [1.54, 1.807) is 30.3 Å². The van der Waals surface area contributed by atoms with Crippen molar-refractivity contribution in [3.8, 4) is 11.1 Å². The van der Waals surface area contributed by atoms with Crippen LogP contribution in [0.2, 0.25) is 0 Å². The summed E-state index contributed by atoms with van der Waals surface area (Å²) in [5.74, 6) is -0.685. The fourth-order valence-electron chi connectivity index (χ4n) is 3.19. The first-order valence-electron chi connectivity index (χ1n) is 7.30. The minimum Gasteiger partial charge on any atom is -0.211 e. The maximum absolute atomic E-state index is 14.3. The van der Waals surface area contributed by atoms with Crippen molar-refractivity contribution in [1.29, 1.82) is 0 Å². The minimum absolute atomic E-state index is 0.316. The number of benzene rings is 2. The predicted octanol–water partition coefficient (Wildman–Crippen LogP) is 4.74. The quantitative estimate of drug-likeness (QED) is 0.594. The Balaban J connectivity index is 2.10. The van der Waals surface area contributed by atoms with Gasteiger partial charge in [0.05, 0.1) is 0 Å². The van der Waals surface area contributed by atoms with Gasteiger partial charge in [-0.3, -0.25) is 0 Å². The summed E-state index contributed by atoms with van der Waals surface area (Å²) >= 11 is 0. The van der Waals surface area contributed by atoms with Crippen LogP contribution in [0.1, 0.15) is 31.2 Å². The lowest BCUT2D eigenvalue weighted by Crippen LogP contribution is -2.20. The molecule has 2 aromatic carbocycles. The molecule has 1 aliphatic carbocycles. The summed E-state index contributed by atoms with van der Waals surface area (Å²) in [6.45, 7) is 0. The number of hydrogen-bond donors (Lipinski definition) is 0. The average molecular weight is 299 g/mol. The molecule has 4 heteroatoms. The second kappa shape index (κ2) is 5.82. The number of rotatable bonds is 3. The lowest BCUT2D eigenvalue weighted by atomic mass is 9.86. The molecule has 112 valence electrons. The Morgan fingerprint density at radius 1 is 0.955 bits per heavy atom. The molecular formula is C18H15F2NO. The highest BCUT2D eigenvalue weighted by molar-refractivity contribution is 5.65. The number of halogens is 2. The van der Waals surface area contributed by atoms with Crippen LogP contribution in [0.25, 0.3) is 11.1 Å². The van der Waals surface area contributed by atoms with E-state index >= 15 is 0 Å². The highest BCUT2D eigenvalue weighted by atomic mass is 19.1. The second-order valence-corrected chi connectivity index (χ2v) is 5.64. The summed E-state index contributed by atoms with van der Waals surface area (Å²) in [7, 11) is 0. The zero-order valence-electron chi connectivity index (χ0n) is 12.0. The van der Waals surface area contributed by atoms with Gasteiger partial charge in [0, 0.05) is 5.56 Å². The Hall–Kier alpha value is -2.32. The normalized spacial score (nSPS) is 16.3. The molecule has 0 saturated heterocycles. The molecule has 1 fully saturated rings. The van der Waals surface area contributed by atoms with Gasteiger partial charge in [0.1, 0.15) is 17.2 Å². The molecule has 22 heavy (non-hydrogen) atoms. The minimum atomic E-state index is -0.804. The number of aliphatic imine (C=N–C) groups is 1. The predicted molar refractivity (Wildman–Crippen MR) is 80.1 cm³/mol. The van der Waals surface area contributed by atoms with E-state index in [0.29, 0.717) is 18.4 Å². The number of carbonyl (C=O) groups excluding carboxylic acids is 1. The van der Waals surface area contributed by atoms with Crippen molar-refractivity contribution in [3.05, 3.63) is 59.7 Å². The fourth-order valence-corrected chi connectivity index (χ4v) is 3.19. The lowest BCUT2D eigenvalue weighted by Gasteiger charge is -2.24. The number of isocyanates is 1. The summed E-state index contributed by atoms with van der Waals surface area (Å²) in [4.78, 5) is 14.7. The van der Waals surface area contributed by atoms with E-state index in [-0.39, 0.29) is 11.6 Å². The van der Waals surface area contributed by atoms with Crippen molar-refractivity contribution in [2.45, 2.75) is 31.2 Å². The Labute approximate surface area is 127 Å². The number of hydrogen-bond acceptors (Lipinski definition) is 2. The standard InChI is InChI=1S/C18H15F2NO/c19-15-6-3-13(4-7-15)14-5-8-17(20)16(11-14)18(21-12-22)9-1-2-10-18/h3-8,11H,1-2,9-10H2. The maximum Gasteiger partial charge on any atom is 0.235 e. The van der Waals surface area contributed by atoms with Gasteiger partial charge >= 0.3 is 0 Å². The summed E-state index contributed by atoms with van der Waals surface area (Å²) in [6, 6.07) is 10.8. The van der Waals surface area contributed by atoms with Crippen LogP contribution in [0.15, 0.2) is 47.5 Å². The van der Waals surface area contributed by atoms with Crippen LogP contribution >= 0.6 is 0 Å². The third kappa shape index (κ3) is 2.58. The van der Waals surface area contributed by atoms with Crippen LogP contribution in [-0.4, -0.2) is 6.08 Å². The molecule has 0 N–H and O–H groups in total. The van der Waals surface area contributed by atoms with Gasteiger partial charge in [-0.05, 0) is 48.2 Å². The summed E-state index contributed by atoms with van der Waals surface area (Å²) in [6.07, 6.45) is 4.71. The third-order valence-corrected chi connectivity index (χ3v) is 4.34. The molecule has 0 bridgehead atoms. The van der Waals surface area contributed by atoms with Gasteiger partial charge in [0.2, 0.25) is 6.08 Å². The van der Waals surface area contributed by atoms with Crippen LogP contribution < -0.4 is 0 Å². The first-order valence-corrected chi connectivity index (χ1v) is 7.30. The van der Waals surface area contributed by atoms with E-state index in [0.717, 1.165) is 24.0 Å². The van der Waals surface area contributed by atoms with E-state index in [1.807, 2.05) is 0 Å². The lowest BCUT2D eigenvalue weighted by molar-refractivity contribution is 0.431.